The van der Waals surface area contributed by atoms with E-state index in [1.165, 1.54) is 18.5 Å². The summed E-state index contributed by atoms with van der Waals surface area (Å²) in [6, 6.07) is 7.05. The molecule has 1 saturated heterocycles. The number of hydrogen-bond acceptors (Lipinski definition) is 5. The largest absolute Gasteiger partial charge is 0.497 e. The van der Waals surface area contributed by atoms with Crippen molar-refractivity contribution >= 4 is 15.9 Å². The van der Waals surface area contributed by atoms with Crippen LogP contribution in [-0.2, 0) is 10.0 Å². The molecule has 0 radical (unpaired) electrons. The van der Waals surface area contributed by atoms with E-state index in [0.717, 1.165) is 22.3 Å². The molecule has 1 amide bonds. The zero-order valence-electron chi connectivity index (χ0n) is 19.0. The minimum atomic E-state index is -3.65. The maximum Gasteiger partial charge on any atom is 0.254 e. The van der Waals surface area contributed by atoms with E-state index in [9.17, 15) is 13.2 Å². The molecule has 1 aliphatic heterocycles. The normalized spacial score (nSPS) is 15.1. The van der Waals surface area contributed by atoms with Crippen molar-refractivity contribution in [2.45, 2.75) is 32.6 Å². The third kappa shape index (κ3) is 4.41. The van der Waals surface area contributed by atoms with Gasteiger partial charge < -0.3 is 14.4 Å². The van der Waals surface area contributed by atoms with Crippen LogP contribution in [0.5, 0.6) is 11.5 Å². The minimum Gasteiger partial charge on any atom is -0.497 e. The Labute approximate surface area is 184 Å². The summed E-state index contributed by atoms with van der Waals surface area (Å²) in [5.74, 6) is 0.891. The van der Waals surface area contributed by atoms with Crippen LogP contribution < -0.4 is 9.47 Å². The number of amides is 1. The van der Waals surface area contributed by atoms with E-state index in [1.807, 2.05) is 33.8 Å². The van der Waals surface area contributed by atoms with Crippen molar-refractivity contribution in [2.75, 3.05) is 40.4 Å². The van der Waals surface area contributed by atoms with Crippen molar-refractivity contribution in [3.63, 3.8) is 0 Å². The zero-order valence-corrected chi connectivity index (χ0v) is 19.8. The Bertz CT molecular complexity index is 1050. The summed E-state index contributed by atoms with van der Waals surface area (Å²) in [6.07, 6.45) is 0. The molecule has 7 nitrogen and oxygen atoms in total. The van der Waals surface area contributed by atoms with Gasteiger partial charge in [-0.1, -0.05) is 6.07 Å². The van der Waals surface area contributed by atoms with Gasteiger partial charge in [0, 0.05) is 37.8 Å². The number of carbonyl (C=O) groups is 1. The van der Waals surface area contributed by atoms with E-state index >= 15 is 0 Å². The van der Waals surface area contributed by atoms with Crippen LogP contribution in [0.25, 0.3) is 0 Å². The Kier molecular flexibility index (Phi) is 6.62. The summed E-state index contributed by atoms with van der Waals surface area (Å²) in [5, 5.41) is 0. The third-order valence-corrected chi connectivity index (χ3v) is 8.19. The Morgan fingerprint density at radius 2 is 1.29 bits per heavy atom. The summed E-state index contributed by atoms with van der Waals surface area (Å²) in [5.41, 5.74) is 3.94. The van der Waals surface area contributed by atoms with Crippen molar-refractivity contribution < 1.29 is 22.7 Å². The van der Waals surface area contributed by atoms with Crippen LogP contribution >= 0.6 is 0 Å². The van der Waals surface area contributed by atoms with Crippen molar-refractivity contribution in [1.82, 2.24) is 9.21 Å². The van der Waals surface area contributed by atoms with Crippen LogP contribution in [0.15, 0.2) is 29.2 Å². The van der Waals surface area contributed by atoms with Crippen LogP contribution in [0.4, 0.5) is 0 Å². The fraction of sp³-hybridized carbons (Fsp3) is 0.435. The minimum absolute atomic E-state index is 0.173. The third-order valence-electron chi connectivity index (χ3n) is 6.02. The van der Waals surface area contributed by atoms with E-state index in [2.05, 4.69) is 0 Å². The summed E-state index contributed by atoms with van der Waals surface area (Å²) in [6.45, 7) is 8.71. The molecule has 8 heteroatoms. The van der Waals surface area contributed by atoms with E-state index in [-0.39, 0.29) is 19.0 Å². The first-order valence-electron chi connectivity index (χ1n) is 10.2. The van der Waals surface area contributed by atoms with Crippen molar-refractivity contribution in [3.8, 4) is 11.5 Å². The number of piperazine rings is 1. The van der Waals surface area contributed by atoms with Gasteiger partial charge in [-0.05, 0) is 62.1 Å². The fourth-order valence-corrected chi connectivity index (χ4v) is 5.94. The highest BCUT2D eigenvalue weighted by Crippen LogP contribution is 2.30. The number of methoxy groups -OCH3 is 2. The molecule has 0 aromatic heterocycles. The number of carbonyl (C=O) groups excluding carboxylic acids is 1. The van der Waals surface area contributed by atoms with Gasteiger partial charge in [0.1, 0.15) is 11.5 Å². The van der Waals surface area contributed by atoms with Gasteiger partial charge in [0.25, 0.3) is 5.91 Å². The number of aryl methyl sites for hydroxylation is 2. The maximum atomic E-state index is 13.4. The Balaban J connectivity index is 1.81. The first-order valence-corrected chi connectivity index (χ1v) is 11.6. The highest BCUT2D eigenvalue weighted by atomic mass is 32.2. The Morgan fingerprint density at radius 3 is 1.74 bits per heavy atom. The predicted molar refractivity (Wildman–Crippen MR) is 120 cm³/mol. The Morgan fingerprint density at radius 1 is 0.806 bits per heavy atom. The highest BCUT2D eigenvalue weighted by Gasteiger charge is 2.33. The second-order valence-corrected chi connectivity index (χ2v) is 9.76. The van der Waals surface area contributed by atoms with Crippen LogP contribution in [0, 0.1) is 27.7 Å². The molecule has 1 heterocycles. The van der Waals surface area contributed by atoms with E-state index in [1.54, 1.807) is 23.1 Å². The molecule has 0 spiro atoms. The summed E-state index contributed by atoms with van der Waals surface area (Å²) < 4.78 is 38.9. The quantitative estimate of drug-likeness (QED) is 0.706. The number of hydrogen-bond donors (Lipinski definition) is 0. The standard InChI is InChI=1S/C23H30N2O5S/c1-15-11-16(2)18(4)22(17(15)3)31(27,28)25-9-7-24(8-10-25)23(26)19-12-20(29-5)14-21(13-19)30-6/h11-14H,7-10H2,1-6H3. The fourth-order valence-electron chi connectivity index (χ4n) is 3.94. The topological polar surface area (TPSA) is 76.2 Å². The van der Waals surface area contributed by atoms with Crippen LogP contribution in [0.1, 0.15) is 32.6 Å². The van der Waals surface area contributed by atoms with Crippen LogP contribution in [-0.4, -0.2) is 63.9 Å². The monoisotopic (exact) mass is 446 g/mol. The highest BCUT2D eigenvalue weighted by molar-refractivity contribution is 7.89. The van der Waals surface area contributed by atoms with Gasteiger partial charge in [-0.25, -0.2) is 8.42 Å². The van der Waals surface area contributed by atoms with Gasteiger partial charge in [0.2, 0.25) is 10.0 Å². The molecular formula is C23H30N2O5S. The molecule has 3 rings (SSSR count). The Hall–Kier alpha value is -2.58. The molecule has 2 aromatic rings. The van der Waals surface area contributed by atoms with Gasteiger partial charge in [-0.2, -0.15) is 4.31 Å². The molecule has 0 bridgehead atoms. The maximum absolute atomic E-state index is 13.4. The molecule has 2 aromatic carbocycles. The van der Waals surface area contributed by atoms with Crippen molar-refractivity contribution in [3.05, 3.63) is 52.1 Å². The van der Waals surface area contributed by atoms with Gasteiger partial charge in [0.15, 0.2) is 0 Å². The van der Waals surface area contributed by atoms with Crippen molar-refractivity contribution in [1.29, 1.82) is 0 Å². The van der Waals surface area contributed by atoms with Crippen molar-refractivity contribution in [2.24, 2.45) is 0 Å². The molecule has 0 atom stereocenters. The average molecular weight is 447 g/mol. The lowest BCUT2D eigenvalue weighted by atomic mass is 10.0. The van der Waals surface area contributed by atoms with Gasteiger partial charge in [-0.15, -0.1) is 0 Å². The van der Waals surface area contributed by atoms with Crippen LogP contribution in [0.3, 0.4) is 0 Å². The van der Waals surface area contributed by atoms with E-state index in [0.29, 0.717) is 35.0 Å². The second-order valence-electron chi connectivity index (χ2n) is 7.89. The number of nitrogens with zero attached hydrogens (tertiary/aromatic N) is 2. The summed E-state index contributed by atoms with van der Waals surface area (Å²) in [7, 11) is -0.585. The molecule has 1 aliphatic rings. The average Bonchev–Trinajstić information content (AvgIpc) is 2.76. The van der Waals surface area contributed by atoms with Gasteiger partial charge in [0.05, 0.1) is 19.1 Å². The zero-order chi connectivity index (χ0) is 22.9. The van der Waals surface area contributed by atoms with Crippen LogP contribution in [0.2, 0.25) is 0 Å². The summed E-state index contributed by atoms with van der Waals surface area (Å²) >= 11 is 0. The molecule has 1 fully saturated rings. The lowest BCUT2D eigenvalue weighted by molar-refractivity contribution is 0.0697. The SMILES string of the molecule is COc1cc(OC)cc(C(=O)N2CCN(S(=O)(=O)c3c(C)c(C)cc(C)c3C)CC2)c1. The molecule has 0 saturated carbocycles. The first-order chi connectivity index (χ1) is 14.6. The molecule has 0 aliphatic carbocycles. The molecule has 0 N–H and O–H groups in total. The van der Waals surface area contributed by atoms with E-state index < -0.39 is 10.0 Å². The lowest BCUT2D eigenvalue weighted by Crippen LogP contribution is -2.50. The lowest BCUT2D eigenvalue weighted by Gasteiger charge is -2.35. The number of benzene rings is 2. The number of ether oxygens (including phenoxy) is 2. The summed E-state index contributed by atoms with van der Waals surface area (Å²) in [4.78, 5) is 15.1. The van der Waals surface area contributed by atoms with E-state index in [4.69, 9.17) is 9.47 Å². The van der Waals surface area contributed by atoms with Gasteiger partial charge in [-0.3, -0.25) is 4.79 Å². The predicted octanol–water partition coefficient (Wildman–Crippen LogP) is 3.08. The number of rotatable bonds is 5. The molecule has 0 unspecified atom stereocenters. The smallest absolute Gasteiger partial charge is 0.254 e. The second kappa shape index (κ2) is 8.88. The number of sulfonamides is 1. The molecule has 168 valence electrons. The molecule has 31 heavy (non-hydrogen) atoms. The first kappa shape index (κ1) is 23.1. The molecular weight excluding hydrogens is 416 g/mol. The van der Waals surface area contributed by atoms with Gasteiger partial charge >= 0.3 is 0 Å².